The van der Waals surface area contributed by atoms with Gasteiger partial charge in [-0.3, -0.25) is 4.90 Å². The van der Waals surface area contributed by atoms with Gasteiger partial charge in [0.25, 0.3) is 0 Å². The number of nitrogens with zero attached hydrogens (tertiary/aromatic N) is 1. The summed E-state index contributed by atoms with van der Waals surface area (Å²) in [5.74, 6) is 0.988. The molecule has 1 aliphatic heterocycles. The molecule has 1 N–H and O–H groups in total. The van der Waals surface area contributed by atoms with Gasteiger partial charge in [-0.05, 0) is 52.0 Å². The van der Waals surface area contributed by atoms with Crippen LogP contribution in [-0.4, -0.2) is 36.6 Å². The van der Waals surface area contributed by atoms with E-state index in [0.717, 1.165) is 18.0 Å². The third-order valence-electron chi connectivity index (χ3n) is 4.39. The van der Waals surface area contributed by atoms with Crippen molar-refractivity contribution in [2.75, 3.05) is 19.6 Å². The molecule has 2 fully saturated rings. The van der Waals surface area contributed by atoms with E-state index >= 15 is 0 Å². The average molecular weight is 224 g/mol. The third-order valence-corrected chi connectivity index (χ3v) is 4.39. The third kappa shape index (κ3) is 3.74. The van der Waals surface area contributed by atoms with Crippen molar-refractivity contribution >= 4 is 0 Å². The van der Waals surface area contributed by atoms with Gasteiger partial charge in [-0.1, -0.05) is 12.8 Å². The lowest BCUT2D eigenvalue weighted by molar-refractivity contribution is 0.211. The summed E-state index contributed by atoms with van der Waals surface area (Å²) in [5.41, 5.74) is 0. The molecule has 2 atom stereocenters. The van der Waals surface area contributed by atoms with Crippen molar-refractivity contribution in [3.63, 3.8) is 0 Å². The SMILES string of the molecule is CC(NCCN1CCCCCC1C)C1CC1. The molecule has 1 aliphatic carbocycles. The molecule has 0 aromatic heterocycles. The fourth-order valence-electron chi connectivity index (χ4n) is 2.87. The summed E-state index contributed by atoms with van der Waals surface area (Å²) < 4.78 is 0. The molecule has 0 aromatic rings. The van der Waals surface area contributed by atoms with Gasteiger partial charge >= 0.3 is 0 Å². The number of likely N-dealkylation sites (tertiary alicyclic amines) is 1. The predicted octanol–water partition coefficient (Wildman–Crippen LogP) is 2.64. The van der Waals surface area contributed by atoms with Crippen LogP contribution in [-0.2, 0) is 0 Å². The summed E-state index contributed by atoms with van der Waals surface area (Å²) in [7, 11) is 0. The molecule has 0 amide bonds. The Labute approximate surface area is 101 Å². The largest absolute Gasteiger partial charge is 0.313 e. The van der Waals surface area contributed by atoms with Gasteiger partial charge in [-0.2, -0.15) is 0 Å². The van der Waals surface area contributed by atoms with Crippen LogP contribution in [0.1, 0.15) is 52.4 Å². The van der Waals surface area contributed by atoms with Crippen molar-refractivity contribution in [1.29, 1.82) is 0 Å². The standard InChI is InChI=1S/C14H28N2/c1-12-6-4-3-5-10-16(12)11-9-15-13(2)14-7-8-14/h12-15H,3-11H2,1-2H3. The van der Waals surface area contributed by atoms with E-state index in [0.29, 0.717) is 0 Å². The summed E-state index contributed by atoms with van der Waals surface area (Å²) in [5, 5.41) is 3.69. The van der Waals surface area contributed by atoms with Crippen molar-refractivity contribution in [3.05, 3.63) is 0 Å². The Bertz CT molecular complexity index is 201. The summed E-state index contributed by atoms with van der Waals surface area (Å²) >= 11 is 0. The molecule has 2 rings (SSSR count). The lowest BCUT2D eigenvalue weighted by Crippen LogP contribution is -2.40. The Morgan fingerprint density at radius 3 is 2.75 bits per heavy atom. The minimum Gasteiger partial charge on any atom is -0.313 e. The van der Waals surface area contributed by atoms with E-state index in [4.69, 9.17) is 0 Å². The maximum atomic E-state index is 3.69. The minimum absolute atomic E-state index is 0.752. The predicted molar refractivity (Wildman–Crippen MR) is 69.7 cm³/mol. The fourth-order valence-corrected chi connectivity index (χ4v) is 2.87. The smallest absolute Gasteiger partial charge is 0.0110 e. The van der Waals surface area contributed by atoms with E-state index in [2.05, 4.69) is 24.1 Å². The summed E-state index contributed by atoms with van der Waals surface area (Å²) in [4.78, 5) is 2.68. The first-order valence-corrected chi connectivity index (χ1v) is 7.25. The molecular formula is C14H28N2. The quantitative estimate of drug-likeness (QED) is 0.772. The molecule has 2 aliphatic rings. The fraction of sp³-hybridized carbons (Fsp3) is 1.00. The van der Waals surface area contributed by atoms with Gasteiger partial charge in [0.05, 0.1) is 0 Å². The Hall–Kier alpha value is -0.0800. The summed E-state index contributed by atoms with van der Waals surface area (Å²) in [6, 6.07) is 1.56. The van der Waals surface area contributed by atoms with Gasteiger partial charge in [0.2, 0.25) is 0 Å². The van der Waals surface area contributed by atoms with Crippen molar-refractivity contribution in [2.24, 2.45) is 5.92 Å². The molecule has 0 aromatic carbocycles. The zero-order valence-electron chi connectivity index (χ0n) is 11.0. The lowest BCUT2D eigenvalue weighted by Gasteiger charge is -2.27. The molecule has 2 nitrogen and oxygen atoms in total. The van der Waals surface area contributed by atoms with Gasteiger partial charge in [0.15, 0.2) is 0 Å². The van der Waals surface area contributed by atoms with Crippen LogP contribution in [0.25, 0.3) is 0 Å². The van der Waals surface area contributed by atoms with E-state index in [1.54, 1.807) is 0 Å². The highest BCUT2D eigenvalue weighted by molar-refractivity contribution is 4.83. The molecule has 2 unspecified atom stereocenters. The molecule has 0 spiro atoms. The monoisotopic (exact) mass is 224 g/mol. The maximum absolute atomic E-state index is 3.69. The molecule has 94 valence electrons. The Kier molecular flexibility index (Phi) is 4.66. The number of hydrogen-bond acceptors (Lipinski definition) is 2. The van der Waals surface area contributed by atoms with E-state index in [9.17, 15) is 0 Å². The Morgan fingerprint density at radius 2 is 2.00 bits per heavy atom. The second-order valence-corrected chi connectivity index (χ2v) is 5.81. The van der Waals surface area contributed by atoms with Gasteiger partial charge in [0.1, 0.15) is 0 Å². The molecule has 1 heterocycles. The van der Waals surface area contributed by atoms with Crippen molar-refractivity contribution < 1.29 is 0 Å². The van der Waals surface area contributed by atoms with Crippen molar-refractivity contribution in [3.8, 4) is 0 Å². The lowest BCUT2D eigenvalue weighted by atomic mass is 10.1. The zero-order chi connectivity index (χ0) is 11.4. The van der Waals surface area contributed by atoms with Crippen LogP contribution in [0.15, 0.2) is 0 Å². The highest BCUT2D eigenvalue weighted by atomic mass is 15.2. The molecule has 0 bridgehead atoms. The van der Waals surface area contributed by atoms with E-state index in [1.807, 2.05) is 0 Å². The molecule has 0 radical (unpaired) electrons. The molecule has 1 saturated carbocycles. The summed E-state index contributed by atoms with van der Waals surface area (Å²) in [6.07, 6.45) is 8.58. The first kappa shape index (κ1) is 12.4. The molecule has 1 saturated heterocycles. The van der Waals surface area contributed by atoms with E-state index in [1.165, 1.54) is 58.2 Å². The topological polar surface area (TPSA) is 15.3 Å². The minimum atomic E-state index is 0.752. The Morgan fingerprint density at radius 1 is 1.19 bits per heavy atom. The van der Waals surface area contributed by atoms with Gasteiger partial charge in [0, 0.05) is 25.2 Å². The number of hydrogen-bond donors (Lipinski definition) is 1. The summed E-state index contributed by atoms with van der Waals surface area (Å²) in [6.45, 7) is 8.50. The highest BCUT2D eigenvalue weighted by Crippen LogP contribution is 2.32. The second-order valence-electron chi connectivity index (χ2n) is 5.81. The first-order valence-electron chi connectivity index (χ1n) is 7.25. The normalized spacial score (nSPS) is 30.0. The molecule has 2 heteroatoms. The average Bonchev–Trinajstić information content (AvgIpc) is 3.07. The molecular weight excluding hydrogens is 196 g/mol. The van der Waals surface area contributed by atoms with E-state index < -0.39 is 0 Å². The van der Waals surface area contributed by atoms with Crippen LogP contribution in [0.4, 0.5) is 0 Å². The highest BCUT2D eigenvalue weighted by Gasteiger charge is 2.27. The first-order chi connectivity index (χ1) is 7.77. The van der Waals surface area contributed by atoms with Crippen LogP contribution < -0.4 is 5.32 Å². The zero-order valence-corrected chi connectivity index (χ0v) is 11.0. The van der Waals surface area contributed by atoms with Crippen LogP contribution in [0.2, 0.25) is 0 Å². The maximum Gasteiger partial charge on any atom is 0.0110 e. The number of rotatable bonds is 5. The number of nitrogens with one attached hydrogen (secondary N) is 1. The molecule has 16 heavy (non-hydrogen) atoms. The second kappa shape index (κ2) is 6.02. The van der Waals surface area contributed by atoms with Gasteiger partial charge in [-0.25, -0.2) is 0 Å². The van der Waals surface area contributed by atoms with Gasteiger partial charge in [-0.15, -0.1) is 0 Å². The van der Waals surface area contributed by atoms with Crippen LogP contribution >= 0.6 is 0 Å². The van der Waals surface area contributed by atoms with Crippen LogP contribution in [0.5, 0.6) is 0 Å². The van der Waals surface area contributed by atoms with Crippen molar-refractivity contribution in [1.82, 2.24) is 10.2 Å². The van der Waals surface area contributed by atoms with Crippen molar-refractivity contribution in [2.45, 2.75) is 64.5 Å². The van der Waals surface area contributed by atoms with Gasteiger partial charge < -0.3 is 5.32 Å². The van der Waals surface area contributed by atoms with Crippen LogP contribution in [0.3, 0.4) is 0 Å². The van der Waals surface area contributed by atoms with Crippen LogP contribution in [0, 0.1) is 5.92 Å². The Balaban J connectivity index is 1.63. The van der Waals surface area contributed by atoms with E-state index in [-0.39, 0.29) is 0 Å².